The molecule has 2 aliphatic rings. The van der Waals surface area contributed by atoms with E-state index in [-0.39, 0.29) is 23.5 Å². The van der Waals surface area contributed by atoms with E-state index in [2.05, 4.69) is 20.9 Å². The lowest BCUT2D eigenvalue weighted by molar-refractivity contribution is -0.131. The van der Waals surface area contributed by atoms with Gasteiger partial charge in [-0.3, -0.25) is 9.59 Å². The molecular weight excluding hydrogens is 332 g/mol. The van der Waals surface area contributed by atoms with Crippen LogP contribution >= 0.6 is 15.9 Å². The van der Waals surface area contributed by atoms with E-state index in [0.29, 0.717) is 6.54 Å². The molecule has 2 atom stereocenters. The van der Waals surface area contributed by atoms with Crippen LogP contribution in [0.4, 0.5) is 0 Å². The third-order valence-corrected chi connectivity index (χ3v) is 4.55. The first-order valence-corrected chi connectivity index (χ1v) is 7.66. The normalized spacial score (nSPS) is 24.8. The maximum absolute atomic E-state index is 12.5. The number of allylic oxidation sites excluding steroid dienone is 3. The largest absolute Gasteiger partial charge is 0.310 e. The molecule has 0 saturated carbocycles. The molecule has 0 bridgehead atoms. The van der Waals surface area contributed by atoms with Crippen LogP contribution in [-0.2, 0) is 16.1 Å². The molecule has 0 fully saturated rings. The van der Waals surface area contributed by atoms with Crippen molar-refractivity contribution in [1.29, 1.82) is 0 Å². The summed E-state index contributed by atoms with van der Waals surface area (Å²) in [5, 5.41) is 0. The molecule has 5 heteroatoms. The molecule has 1 aliphatic carbocycles. The molecule has 1 aromatic heterocycles. The van der Waals surface area contributed by atoms with Crippen molar-refractivity contribution in [3.05, 3.63) is 51.9 Å². The van der Waals surface area contributed by atoms with Crippen molar-refractivity contribution in [2.75, 3.05) is 0 Å². The van der Waals surface area contributed by atoms with Crippen LogP contribution in [0.1, 0.15) is 19.4 Å². The number of ketones is 1. The number of pyridine rings is 1. The first-order chi connectivity index (χ1) is 9.99. The molecule has 0 radical (unpaired) electrons. The van der Waals surface area contributed by atoms with Gasteiger partial charge in [-0.1, -0.05) is 12.1 Å². The van der Waals surface area contributed by atoms with Gasteiger partial charge in [0.05, 0.1) is 18.4 Å². The second kappa shape index (κ2) is 5.22. The standard InChI is InChI=1S/C16H15BrN2O2/c1-9-12-4-5-13(20)10(2)15(12)19(16(9)21)8-11-3-6-14(17)18-7-11/h3-7,9-10H,8H2,1-2H3. The number of hydrogen-bond acceptors (Lipinski definition) is 3. The lowest BCUT2D eigenvalue weighted by Gasteiger charge is -2.25. The van der Waals surface area contributed by atoms with Crippen molar-refractivity contribution in [2.24, 2.45) is 11.8 Å². The smallest absolute Gasteiger partial charge is 0.234 e. The highest BCUT2D eigenvalue weighted by atomic mass is 79.9. The Balaban J connectivity index is 1.95. The van der Waals surface area contributed by atoms with Gasteiger partial charge in [0.25, 0.3) is 0 Å². The van der Waals surface area contributed by atoms with Crippen LogP contribution in [0.25, 0.3) is 0 Å². The number of amides is 1. The number of halogens is 1. The maximum atomic E-state index is 12.5. The van der Waals surface area contributed by atoms with Gasteiger partial charge in [-0.2, -0.15) is 0 Å². The van der Waals surface area contributed by atoms with Crippen LogP contribution in [0.5, 0.6) is 0 Å². The molecule has 21 heavy (non-hydrogen) atoms. The van der Waals surface area contributed by atoms with E-state index in [4.69, 9.17) is 0 Å². The molecule has 2 heterocycles. The number of aromatic nitrogens is 1. The lowest BCUT2D eigenvalue weighted by Crippen LogP contribution is -2.31. The maximum Gasteiger partial charge on any atom is 0.234 e. The Bertz CT molecular complexity index is 676. The zero-order valence-electron chi connectivity index (χ0n) is 11.8. The molecule has 0 spiro atoms. The molecular formula is C16H15BrN2O2. The highest BCUT2D eigenvalue weighted by Gasteiger charge is 2.40. The van der Waals surface area contributed by atoms with E-state index in [9.17, 15) is 9.59 Å². The van der Waals surface area contributed by atoms with Crippen molar-refractivity contribution in [1.82, 2.24) is 9.88 Å². The lowest BCUT2D eigenvalue weighted by atomic mass is 9.89. The van der Waals surface area contributed by atoms with E-state index in [1.807, 2.05) is 26.0 Å². The first kappa shape index (κ1) is 14.2. The molecule has 108 valence electrons. The monoisotopic (exact) mass is 346 g/mol. The summed E-state index contributed by atoms with van der Waals surface area (Å²) >= 11 is 3.30. The van der Waals surface area contributed by atoms with Crippen LogP contribution in [0.3, 0.4) is 0 Å². The zero-order chi connectivity index (χ0) is 15.1. The van der Waals surface area contributed by atoms with Gasteiger partial charge in [0.1, 0.15) is 4.60 Å². The molecule has 2 unspecified atom stereocenters. The third-order valence-electron chi connectivity index (χ3n) is 4.08. The Kier molecular flexibility index (Phi) is 3.53. The molecule has 3 rings (SSSR count). The van der Waals surface area contributed by atoms with E-state index < -0.39 is 0 Å². The third kappa shape index (κ3) is 2.35. The van der Waals surface area contributed by atoms with E-state index in [1.165, 1.54) is 0 Å². The van der Waals surface area contributed by atoms with Gasteiger partial charge in [0.2, 0.25) is 5.91 Å². The molecule has 0 aromatic carbocycles. The number of carbonyl (C=O) groups is 2. The Hall–Kier alpha value is -1.75. The predicted molar refractivity (Wildman–Crippen MR) is 82.0 cm³/mol. The first-order valence-electron chi connectivity index (χ1n) is 6.87. The second-order valence-corrected chi connectivity index (χ2v) is 6.25. The average molecular weight is 347 g/mol. The van der Waals surface area contributed by atoms with Crippen molar-refractivity contribution in [3.8, 4) is 0 Å². The van der Waals surface area contributed by atoms with E-state index >= 15 is 0 Å². The van der Waals surface area contributed by atoms with E-state index in [1.54, 1.807) is 23.2 Å². The fourth-order valence-corrected chi connectivity index (χ4v) is 3.11. The van der Waals surface area contributed by atoms with Crippen LogP contribution in [0.15, 0.2) is 46.4 Å². The summed E-state index contributed by atoms with van der Waals surface area (Å²) in [5.74, 6) is -0.346. The zero-order valence-corrected chi connectivity index (χ0v) is 13.4. The highest BCUT2D eigenvalue weighted by molar-refractivity contribution is 9.10. The molecule has 4 nitrogen and oxygen atoms in total. The van der Waals surface area contributed by atoms with Crippen molar-refractivity contribution in [2.45, 2.75) is 20.4 Å². The van der Waals surface area contributed by atoms with Crippen LogP contribution < -0.4 is 0 Å². The van der Waals surface area contributed by atoms with Crippen LogP contribution in [0.2, 0.25) is 0 Å². The van der Waals surface area contributed by atoms with Gasteiger partial charge in [-0.05, 0) is 53.1 Å². The van der Waals surface area contributed by atoms with Gasteiger partial charge in [0.15, 0.2) is 5.78 Å². The molecule has 1 amide bonds. The quantitative estimate of drug-likeness (QED) is 0.773. The minimum Gasteiger partial charge on any atom is -0.310 e. The topological polar surface area (TPSA) is 50.3 Å². The number of nitrogens with zero attached hydrogens (tertiary/aromatic N) is 2. The van der Waals surface area contributed by atoms with Crippen LogP contribution in [0, 0.1) is 11.8 Å². The Morgan fingerprint density at radius 2 is 1.95 bits per heavy atom. The SMILES string of the molecule is CC1C(=O)N(Cc2ccc(Br)nc2)C2=C1C=CC(=O)C2C. The summed E-state index contributed by atoms with van der Waals surface area (Å²) in [4.78, 5) is 30.3. The fraction of sp³-hybridized carbons (Fsp3) is 0.312. The highest BCUT2D eigenvalue weighted by Crippen LogP contribution is 2.38. The Morgan fingerprint density at radius 3 is 2.62 bits per heavy atom. The minimum absolute atomic E-state index is 0.0501. The van der Waals surface area contributed by atoms with Gasteiger partial charge in [-0.15, -0.1) is 0 Å². The van der Waals surface area contributed by atoms with Crippen molar-refractivity contribution >= 4 is 27.6 Å². The number of carbonyl (C=O) groups excluding carboxylic acids is 2. The van der Waals surface area contributed by atoms with Gasteiger partial charge >= 0.3 is 0 Å². The summed E-state index contributed by atoms with van der Waals surface area (Å²) in [7, 11) is 0. The fourth-order valence-electron chi connectivity index (χ4n) is 2.87. The van der Waals surface area contributed by atoms with Crippen LogP contribution in [-0.4, -0.2) is 21.6 Å². The predicted octanol–water partition coefficient (Wildman–Crippen LogP) is 2.85. The second-order valence-electron chi connectivity index (χ2n) is 5.43. The number of hydrogen-bond donors (Lipinski definition) is 0. The number of rotatable bonds is 2. The summed E-state index contributed by atoms with van der Waals surface area (Å²) in [6.45, 7) is 4.21. The van der Waals surface area contributed by atoms with Crippen molar-refractivity contribution < 1.29 is 9.59 Å². The summed E-state index contributed by atoms with van der Waals surface area (Å²) in [6, 6.07) is 3.78. The van der Waals surface area contributed by atoms with Gasteiger partial charge in [0, 0.05) is 11.9 Å². The minimum atomic E-state index is -0.262. The molecule has 0 saturated heterocycles. The Morgan fingerprint density at radius 1 is 1.19 bits per heavy atom. The summed E-state index contributed by atoms with van der Waals surface area (Å²) in [6.07, 6.45) is 5.11. The van der Waals surface area contributed by atoms with Gasteiger partial charge < -0.3 is 4.90 Å². The summed E-state index contributed by atoms with van der Waals surface area (Å²) < 4.78 is 0.761. The van der Waals surface area contributed by atoms with E-state index in [0.717, 1.165) is 21.4 Å². The molecule has 0 N–H and O–H groups in total. The van der Waals surface area contributed by atoms with Gasteiger partial charge in [-0.25, -0.2) is 4.98 Å². The Labute approximate surface area is 131 Å². The summed E-state index contributed by atoms with van der Waals surface area (Å²) in [5.41, 5.74) is 2.77. The molecule has 1 aromatic rings. The molecule has 1 aliphatic heterocycles. The average Bonchev–Trinajstić information content (AvgIpc) is 2.71. The van der Waals surface area contributed by atoms with Crippen molar-refractivity contribution in [3.63, 3.8) is 0 Å².